The van der Waals surface area contributed by atoms with Crippen molar-refractivity contribution in [2.75, 3.05) is 26.7 Å². The molecule has 3 rings (SSSR count). The van der Waals surface area contributed by atoms with E-state index in [4.69, 9.17) is 4.74 Å². The molecule has 1 saturated heterocycles. The normalized spacial score (nSPS) is 18.0. The number of aryl methyl sites for hydroxylation is 1. The topological polar surface area (TPSA) is 59.4 Å². The van der Waals surface area contributed by atoms with Crippen LogP contribution in [0.3, 0.4) is 0 Å². The monoisotopic (exact) mass is 314 g/mol. The number of benzene rings is 1. The third-order valence-electron chi connectivity index (χ3n) is 4.08. The molecule has 23 heavy (non-hydrogen) atoms. The molecular formula is C17H22N4O2. The molecule has 0 aliphatic carbocycles. The number of methoxy groups -OCH3 is 1. The van der Waals surface area contributed by atoms with Crippen molar-refractivity contribution in [2.24, 2.45) is 7.05 Å². The number of aromatic nitrogens is 2. The third kappa shape index (κ3) is 3.07. The van der Waals surface area contributed by atoms with Gasteiger partial charge in [0.05, 0.1) is 12.7 Å². The molecule has 1 aliphatic heterocycles. The van der Waals surface area contributed by atoms with Gasteiger partial charge in [-0.3, -0.25) is 9.48 Å². The Bertz CT molecular complexity index is 710. The predicted molar refractivity (Wildman–Crippen MR) is 88.6 cm³/mol. The number of carbonyl (C=O) groups excluding carboxylic acids is 1. The van der Waals surface area contributed by atoms with Gasteiger partial charge in [-0.05, 0) is 19.1 Å². The van der Waals surface area contributed by atoms with Gasteiger partial charge >= 0.3 is 0 Å². The Morgan fingerprint density at radius 1 is 1.39 bits per heavy atom. The first-order chi connectivity index (χ1) is 11.1. The minimum Gasteiger partial charge on any atom is -0.496 e. The molecule has 2 heterocycles. The number of nitrogens with zero attached hydrogens (tertiary/aromatic N) is 3. The second-order valence-corrected chi connectivity index (χ2v) is 5.87. The van der Waals surface area contributed by atoms with Crippen LogP contribution in [0.4, 0.5) is 0 Å². The number of hydrogen-bond donors (Lipinski definition) is 1. The summed E-state index contributed by atoms with van der Waals surface area (Å²) in [6.07, 6.45) is 1.79. The van der Waals surface area contributed by atoms with E-state index >= 15 is 0 Å². The van der Waals surface area contributed by atoms with Gasteiger partial charge in [0.2, 0.25) is 0 Å². The molecular weight excluding hydrogens is 292 g/mol. The van der Waals surface area contributed by atoms with Crippen LogP contribution in [0.2, 0.25) is 0 Å². The quantitative estimate of drug-likeness (QED) is 0.933. The van der Waals surface area contributed by atoms with E-state index in [1.165, 1.54) is 0 Å². The summed E-state index contributed by atoms with van der Waals surface area (Å²) in [5.41, 5.74) is 2.12. The lowest BCUT2D eigenvalue weighted by Gasteiger charge is -2.31. The van der Waals surface area contributed by atoms with Crippen LogP contribution < -0.4 is 10.1 Å². The standard InChI is InChI=1S/C17H22N4O2/c1-12-10-21(9-8-18-12)17(22)14-11-20(2)19-16(14)13-6-4-5-7-15(13)23-3/h4-7,11-12,18H,8-10H2,1-3H3/t12-/m1/s1. The maximum Gasteiger partial charge on any atom is 0.257 e. The van der Waals surface area contributed by atoms with E-state index in [0.717, 1.165) is 12.1 Å². The van der Waals surface area contributed by atoms with Gasteiger partial charge in [0.25, 0.3) is 5.91 Å². The number of rotatable bonds is 3. The minimum atomic E-state index is 0.0207. The molecule has 6 nitrogen and oxygen atoms in total. The van der Waals surface area contributed by atoms with Crippen molar-refractivity contribution in [1.82, 2.24) is 20.0 Å². The summed E-state index contributed by atoms with van der Waals surface area (Å²) < 4.78 is 7.10. The summed E-state index contributed by atoms with van der Waals surface area (Å²) >= 11 is 0. The van der Waals surface area contributed by atoms with E-state index < -0.39 is 0 Å². The zero-order chi connectivity index (χ0) is 16.4. The Balaban J connectivity index is 1.99. The number of nitrogens with one attached hydrogen (secondary N) is 1. The average Bonchev–Trinajstić information content (AvgIpc) is 2.95. The second kappa shape index (κ2) is 6.42. The van der Waals surface area contributed by atoms with Crippen molar-refractivity contribution in [3.8, 4) is 17.0 Å². The smallest absolute Gasteiger partial charge is 0.257 e. The zero-order valence-electron chi connectivity index (χ0n) is 13.7. The lowest BCUT2D eigenvalue weighted by Crippen LogP contribution is -2.51. The van der Waals surface area contributed by atoms with Crippen molar-refractivity contribution in [3.05, 3.63) is 36.0 Å². The maximum atomic E-state index is 13.0. The van der Waals surface area contributed by atoms with Crippen LogP contribution in [-0.4, -0.2) is 53.4 Å². The average molecular weight is 314 g/mol. The molecule has 1 N–H and O–H groups in total. The number of hydrogen-bond acceptors (Lipinski definition) is 4. The highest BCUT2D eigenvalue weighted by Gasteiger charge is 2.26. The van der Waals surface area contributed by atoms with Gasteiger partial charge in [-0.15, -0.1) is 0 Å². The van der Waals surface area contributed by atoms with Gasteiger partial charge in [-0.25, -0.2) is 0 Å². The molecule has 1 amide bonds. The highest BCUT2D eigenvalue weighted by molar-refractivity contribution is 6.00. The fraction of sp³-hybridized carbons (Fsp3) is 0.412. The summed E-state index contributed by atoms with van der Waals surface area (Å²) in [4.78, 5) is 14.8. The summed E-state index contributed by atoms with van der Waals surface area (Å²) in [5, 5.41) is 7.85. The van der Waals surface area contributed by atoms with E-state index in [1.54, 1.807) is 18.0 Å². The molecule has 0 radical (unpaired) electrons. The van der Waals surface area contributed by atoms with E-state index in [2.05, 4.69) is 17.3 Å². The molecule has 0 bridgehead atoms. The highest BCUT2D eigenvalue weighted by Crippen LogP contribution is 2.31. The molecule has 1 aromatic heterocycles. The summed E-state index contributed by atoms with van der Waals surface area (Å²) in [6.45, 7) is 4.32. The lowest BCUT2D eigenvalue weighted by atomic mass is 10.1. The van der Waals surface area contributed by atoms with E-state index in [0.29, 0.717) is 36.1 Å². The van der Waals surface area contributed by atoms with Crippen LogP contribution in [0.15, 0.2) is 30.5 Å². The predicted octanol–water partition coefficient (Wildman–Crippen LogP) is 1.53. The van der Waals surface area contributed by atoms with Gasteiger partial charge in [0, 0.05) is 44.5 Å². The fourth-order valence-corrected chi connectivity index (χ4v) is 2.97. The molecule has 6 heteroatoms. The molecule has 2 aromatic rings. The summed E-state index contributed by atoms with van der Waals surface area (Å²) in [6, 6.07) is 7.95. The molecule has 1 atom stereocenters. The molecule has 1 aromatic carbocycles. The first-order valence-electron chi connectivity index (χ1n) is 7.80. The van der Waals surface area contributed by atoms with E-state index in [1.807, 2.05) is 36.2 Å². The molecule has 0 spiro atoms. The Morgan fingerprint density at radius 2 is 2.17 bits per heavy atom. The van der Waals surface area contributed by atoms with Crippen molar-refractivity contribution in [2.45, 2.75) is 13.0 Å². The first-order valence-corrected chi connectivity index (χ1v) is 7.80. The molecule has 1 fully saturated rings. The van der Waals surface area contributed by atoms with Gasteiger partial charge in [0.1, 0.15) is 11.4 Å². The van der Waals surface area contributed by atoms with Crippen molar-refractivity contribution in [1.29, 1.82) is 0 Å². The van der Waals surface area contributed by atoms with Gasteiger partial charge < -0.3 is 15.0 Å². The van der Waals surface area contributed by atoms with E-state index in [9.17, 15) is 4.79 Å². The lowest BCUT2D eigenvalue weighted by molar-refractivity contribution is 0.0710. The van der Waals surface area contributed by atoms with Crippen molar-refractivity contribution >= 4 is 5.91 Å². The number of piperazine rings is 1. The number of ether oxygens (including phenoxy) is 1. The van der Waals surface area contributed by atoms with Gasteiger partial charge in [-0.1, -0.05) is 12.1 Å². The summed E-state index contributed by atoms with van der Waals surface area (Å²) in [7, 11) is 3.46. The van der Waals surface area contributed by atoms with Crippen LogP contribution in [-0.2, 0) is 7.05 Å². The Kier molecular flexibility index (Phi) is 4.34. The molecule has 122 valence electrons. The SMILES string of the molecule is COc1ccccc1-c1nn(C)cc1C(=O)N1CCN[C@H](C)C1. The van der Waals surface area contributed by atoms with Crippen molar-refractivity contribution < 1.29 is 9.53 Å². The second-order valence-electron chi connectivity index (χ2n) is 5.87. The van der Waals surface area contributed by atoms with Gasteiger partial charge in [0.15, 0.2) is 0 Å². The molecule has 0 saturated carbocycles. The van der Waals surface area contributed by atoms with Crippen LogP contribution >= 0.6 is 0 Å². The number of carbonyl (C=O) groups is 1. The number of amides is 1. The first kappa shape index (κ1) is 15.6. The zero-order valence-corrected chi connectivity index (χ0v) is 13.7. The van der Waals surface area contributed by atoms with E-state index in [-0.39, 0.29) is 5.91 Å². The third-order valence-corrected chi connectivity index (χ3v) is 4.08. The van der Waals surface area contributed by atoms with Crippen LogP contribution in [0.5, 0.6) is 5.75 Å². The van der Waals surface area contributed by atoms with Crippen LogP contribution in [0, 0.1) is 0 Å². The fourth-order valence-electron chi connectivity index (χ4n) is 2.97. The Hall–Kier alpha value is -2.34. The maximum absolute atomic E-state index is 13.0. The molecule has 1 aliphatic rings. The van der Waals surface area contributed by atoms with Crippen molar-refractivity contribution in [3.63, 3.8) is 0 Å². The Labute approximate surface area is 136 Å². The largest absolute Gasteiger partial charge is 0.496 e. The highest BCUT2D eigenvalue weighted by atomic mass is 16.5. The summed E-state index contributed by atoms with van der Waals surface area (Å²) in [5.74, 6) is 0.737. The minimum absolute atomic E-state index is 0.0207. The van der Waals surface area contributed by atoms with Crippen LogP contribution in [0.25, 0.3) is 11.3 Å². The number of para-hydroxylation sites is 1. The molecule has 0 unspecified atom stereocenters. The van der Waals surface area contributed by atoms with Crippen LogP contribution in [0.1, 0.15) is 17.3 Å². The van der Waals surface area contributed by atoms with Gasteiger partial charge in [-0.2, -0.15) is 5.10 Å². The Morgan fingerprint density at radius 3 is 2.91 bits per heavy atom.